The molecule has 1 aromatic carbocycles. The van der Waals surface area contributed by atoms with Gasteiger partial charge in [0.05, 0.1) is 6.54 Å². The summed E-state index contributed by atoms with van der Waals surface area (Å²) >= 11 is 0. The van der Waals surface area contributed by atoms with E-state index in [1.54, 1.807) is 6.07 Å². The van der Waals surface area contributed by atoms with Crippen molar-refractivity contribution < 1.29 is 19.1 Å². The predicted molar refractivity (Wildman–Crippen MR) is 75.1 cm³/mol. The third kappa shape index (κ3) is 4.01. The first-order chi connectivity index (χ1) is 9.97. The van der Waals surface area contributed by atoms with E-state index in [1.165, 1.54) is 12.1 Å². The number of hydrogen-bond donors (Lipinski definition) is 2. The van der Waals surface area contributed by atoms with Crippen LogP contribution in [-0.2, 0) is 9.59 Å². The summed E-state index contributed by atoms with van der Waals surface area (Å²) in [5.41, 5.74) is 0.853. The zero-order chi connectivity index (χ0) is 15.4. The number of carboxylic acids is 1. The molecule has 114 valence electrons. The average molecular weight is 294 g/mol. The van der Waals surface area contributed by atoms with Crippen LogP contribution in [0.4, 0.5) is 4.39 Å². The molecule has 0 radical (unpaired) electrons. The number of carbonyl (C=O) groups is 2. The summed E-state index contributed by atoms with van der Waals surface area (Å²) in [6.45, 7) is 2.55. The Hall–Kier alpha value is -1.95. The van der Waals surface area contributed by atoms with Gasteiger partial charge >= 0.3 is 5.97 Å². The van der Waals surface area contributed by atoms with Gasteiger partial charge in [0.25, 0.3) is 0 Å². The van der Waals surface area contributed by atoms with Crippen LogP contribution in [0.1, 0.15) is 24.9 Å². The van der Waals surface area contributed by atoms with Gasteiger partial charge in [0.2, 0.25) is 5.91 Å². The topological polar surface area (TPSA) is 69.6 Å². The van der Waals surface area contributed by atoms with Crippen LogP contribution in [0.15, 0.2) is 24.3 Å². The molecule has 1 amide bonds. The third-order valence-electron chi connectivity index (χ3n) is 3.78. The van der Waals surface area contributed by atoms with E-state index < -0.39 is 5.97 Å². The van der Waals surface area contributed by atoms with E-state index in [2.05, 4.69) is 12.2 Å². The lowest BCUT2D eigenvalue weighted by Crippen LogP contribution is -2.39. The van der Waals surface area contributed by atoms with Crippen LogP contribution >= 0.6 is 0 Å². The molecule has 1 aromatic rings. The minimum Gasteiger partial charge on any atom is -0.480 e. The molecule has 6 heteroatoms. The van der Waals surface area contributed by atoms with Gasteiger partial charge in [0.15, 0.2) is 0 Å². The van der Waals surface area contributed by atoms with Crippen LogP contribution in [0.3, 0.4) is 0 Å². The Labute approximate surface area is 122 Å². The second-order valence-corrected chi connectivity index (χ2v) is 5.41. The normalized spacial score (nSPS) is 22.2. The van der Waals surface area contributed by atoms with E-state index in [-0.39, 0.29) is 30.9 Å². The Morgan fingerprint density at radius 2 is 2.24 bits per heavy atom. The largest absolute Gasteiger partial charge is 0.480 e. The van der Waals surface area contributed by atoms with Gasteiger partial charge in [-0.1, -0.05) is 19.1 Å². The van der Waals surface area contributed by atoms with E-state index in [0.717, 1.165) is 18.5 Å². The van der Waals surface area contributed by atoms with Gasteiger partial charge in [-0.3, -0.25) is 14.5 Å². The molecule has 2 N–H and O–H groups in total. The Bertz CT molecular complexity index is 535. The first kappa shape index (κ1) is 15.4. The summed E-state index contributed by atoms with van der Waals surface area (Å²) in [4.78, 5) is 24.2. The molecule has 2 atom stereocenters. The fraction of sp³-hybridized carbons (Fsp3) is 0.467. The highest BCUT2D eigenvalue weighted by molar-refractivity contribution is 5.82. The van der Waals surface area contributed by atoms with Crippen molar-refractivity contribution in [1.29, 1.82) is 0 Å². The van der Waals surface area contributed by atoms with Crippen LogP contribution in [0.5, 0.6) is 0 Å². The molecule has 0 spiro atoms. The number of rotatable bonds is 5. The number of benzene rings is 1. The summed E-state index contributed by atoms with van der Waals surface area (Å²) in [6, 6.07) is 6.40. The molecule has 0 saturated carbocycles. The molecule has 2 unspecified atom stereocenters. The quantitative estimate of drug-likeness (QED) is 0.861. The van der Waals surface area contributed by atoms with Gasteiger partial charge in [-0.05, 0) is 36.6 Å². The smallest absolute Gasteiger partial charge is 0.322 e. The zero-order valence-corrected chi connectivity index (χ0v) is 11.9. The van der Waals surface area contributed by atoms with Gasteiger partial charge in [0, 0.05) is 6.04 Å². The Balaban J connectivity index is 2.05. The lowest BCUT2D eigenvalue weighted by molar-refractivity contribution is -0.138. The summed E-state index contributed by atoms with van der Waals surface area (Å²) in [5, 5.41) is 10.9. The van der Waals surface area contributed by atoms with E-state index in [9.17, 15) is 14.0 Å². The van der Waals surface area contributed by atoms with Crippen LogP contribution in [0.25, 0.3) is 0 Å². The van der Waals surface area contributed by atoms with Crippen molar-refractivity contribution in [3.63, 3.8) is 0 Å². The SMILES string of the molecule is CC1CCN(CC(=O)NCC(=O)O)C1c1cccc(F)c1. The Kier molecular flexibility index (Phi) is 4.90. The lowest BCUT2D eigenvalue weighted by atomic mass is 9.95. The van der Waals surface area contributed by atoms with Gasteiger partial charge in [-0.15, -0.1) is 0 Å². The highest BCUT2D eigenvalue weighted by Gasteiger charge is 2.33. The molecule has 21 heavy (non-hydrogen) atoms. The van der Waals surface area contributed by atoms with E-state index in [1.807, 2.05) is 11.0 Å². The molecule has 5 nitrogen and oxygen atoms in total. The first-order valence-electron chi connectivity index (χ1n) is 6.95. The fourth-order valence-electron chi connectivity index (χ4n) is 2.85. The standard InChI is InChI=1S/C15H19FN2O3/c1-10-5-6-18(9-13(19)17-8-14(20)21)15(10)11-3-2-4-12(16)7-11/h2-4,7,10,15H,5-6,8-9H2,1H3,(H,17,19)(H,20,21). The number of nitrogens with zero attached hydrogens (tertiary/aromatic N) is 1. The summed E-state index contributed by atoms with van der Waals surface area (Å²) in [6.07, 6.45) is 0.924. The van der Waals surface area contributed by atoms with E-state index in [4.69, 9.17) is 5.11 Å². The van der Waals surface area contributed by atoms with E-state index >= 15 is 0 Å². The minimum atomic E-state index is -1.07. The summed E-state index contributed by atoms with van der Waals surface area (Å²) in [5.74, 6) is -1.37. The van der Waals surface area contributed by atoms with Crippen molar-refractivity contribution in [1.82, 2.24) is 10.2 Å². The number of likely N-dealkylation sites (tertiary alicyclic amines) is 1. The number of carbonyl (C=O) groups excluding carboxylic acids is 1. The van der Waals surface area contributed by atoms with Crippen molar-refractivity contribution in [2.75, 3.05) is 19.6 Å². The second-order valence-electron chi connectivity index (χ2n) is 5.41. The van der Waals surface area contributed by atoms with Gasteiger partial charge in [0.1, 0.15) is 12.4 Å². The molecule has 0 aliphatic carbocycles. The molecule has 1 aliphatic heterocycles. The molecular formula is C15H19FN2O3. The summed E-state index contributed by atoms with van der Waals surface area (Å²) < 4.78 is 13.4. The first-order valence-corrected chi connectivity index (χ1v) is 6.95. The highest BCUT2D eigenvalue weighted by atomic mass is 19.1. The van der Waals surface area contributed by atoms with Crippen LogP contribution in [0.2, 0.25) is 0 Å². The zero-order valence-electron chi connectivity index (χ0n) is 11.9. The number of carboxylic acid groups (broad SMARTS) is 1. The molecule has 2 rings (SSSR count). The molecular weight excluding hydrogens is 275 g/mol. The highest BCUT2D eigenvalue weighted by Crippen LogP contribution is 2.36. The molecule has 1 saturated heterocycles. The molecule has 1 aliphatic rings. The lowest BCUT2D eigenvalue weighted by Gasteiger charge is -2.26. The Morgan fingerprint density at radius 1 is 1.48 bits per heavy atom. The average Bonchev–Trinajstić information content (AvgIpc) is 2.77. The summed E-state index contributed by atoms with van der Waals surface area (Å²) in [7, 11) is 0. The number of amides is 1. The van der Waals surface area contributed by atoms with Gasteiger partial charge in [-0.25, -0.2) is 4.39 Å². The van der Waals surface area contributed by atoms with Crippen molar-refractivity contribution in [2.24, 2.45) is 5.92 Å². The predicted octanol–water partition coefficient (Wildman–Crippen LogP) is 1.41. The van der Waals surface area contributed by atoms with Crippen LogP contribution in [-0.4, -0.2) is 41.5 Å². The minimum absolute atomic E-state index is 0.0173. The number of halogens is 1. The van der Waals surface area contributed by atoms with Crippen molar-refractivity contribution in [3.05, 3.63) is 35.6 Å². The van der Waals surface area contributed by atoms with Crippen molar-refractivity contribution in [3.8, 4) is 0 Å². The molecule has 1 heterocycles. The third-order valence-corrected chi connectivity index (χ3v) is 3.78. The molecule has 0 aromatic heterocycles. The maximum absolute atomic E-state index is 13.4. The van der Waals surface area contributed by atoms with Crippen molar-refractivity contribution >= 4 is 11.9 Å². The van der Waals surface area contributed by atoms with Crippen LogP contribution in [0, 0.1) is 11.7 Å². The van der Waals surface area contributed by atoms with E-state index in [0.29, 0.717) is 5.92 Å². The van der Waals surface area contributed by atoms with Gasteiger partial charge < -0.3 is 10.4 Å². The second kappa shape index (κ2) is 6.67. The van der Waals surface area contributed by atoms with Crippen molar-refractivity contribution in [2.45, 2.75) is 19.4 Å². The number of aliphatic carboxylic acids is 1. The molecule has 0 bridgehead atoms. The number of hydrogen-bond acceptors (Lipinski definition) is 3. The van der Waals surface area contributed by atoms with Crippen LogP contribution < -0.4 is 5.32 Å². The fourth-order valence-corrected chi connectivity index (χ4v) is 2.85. The maximum Gasteiger partial charge on any atom is 0.322 e. The monoisotopic (exact) mass is 294 g/mol. The van der Waals surface area contributed by atoms with Gasteiger partial charge in [-0.2, -0.15) is 0 Å². The number of nitrogens with one attached hydrogen (secondary N) is 1. The molecule has 1 fully saturated rings. The Morgan fingerprint density at radius 3 is 2.90 bits per heavy atom. The maximum atomic E-state index is 13.4.